The van der Waals surface area contributed by atoms with Crippen LogP contribution in [0.4, 0.5) is 0 Å². The highest BCUT2D eigenvalue weighted by Crippen LogP contribution is 2.16. The number of nitrogens with zero attached hydrogens (tertiary/aromatic N) is 2. The molecule has 1 fully saturated rings. The summed E-state index contributed by atoms with van der Waals surface area (Å²) < 4.78 is 5.24. The number of benzene rings is 1. The lowest BCUT2D eigenvalue weighted by molar-refractivity contribution is 0.0963. The molecule has 24 heavy (non-hydrogen) atoms. The maximum atomic E-state index is 11.5. The third-order valence-electron chi connectivity index (χ3n) is 4.09. The SMILES string of the molecule is CN=C(NCc1ccc(C(=O)NC)cc1)N1CCC(COC)C1.I. The van der Waals surface area contributed by atoms with E-state index >= 15 is 0 Å². The van der Waals surface area contributed by atoms with Gasteiger partial charge >= 0.3 is 0 Å². The summed E-state index contributed by atoms with van der Waals surface area (Å²) >= 11 is 0. The molecule has 1 aliphatic heterocycles. The van der Waals surface area contributed by atoms with Crippen molar-refractivity contribution in [3.05, 3.63) is 35.4 Å². The first-order valence-electron chi connectivity index (χ1n) is 7.93. The van der Waals surface area contributed by atoms with Crippen molar-refractivity contribution >= 4 is 35.8 Å². The van der Waals surface area contributed by atoms with Crippen molar-refractivity contribution in [2.45, 2.75) is 13.0 Å². The van der Waals surface area contributed by atoms with E-state index in [0.29, 0.717) is 18.0 Å². The fraction of sp³-hybridized carbons (Fsp3) is 0.529. The number of likely N-dealkylation sites (tertiary alicyclic amines) is 1. The molecule has 0 radical (unpaired) electrons. The van der Waals surface area contributed by atoms with Gasteiger partial charge < -0.3 is 20.3 Å². The van der Waals surface area contributed by atoms with Crippen LogP contribution < -0.4 is 10.6 Å². The molecule has 1 amide bonds. The van der Waals surface area contributed by atoms with Crippen LogP contribution in [0.2, 0.25) is 0 Å². The van der Waals surface area contributed by atoms with Crippen molar-refractivity contribution in [2.75, 3.05) is 40.9 Å². The molecule has 2 rings (SSSR count). The largest absolute Gasteiger partial charge is 0.384 e. The van der Waals surface area contributed by atoms with E-state index < -0.39 is 0 Å². The van der Waals surface area contributed by atoms with Gasteiger partial charge in [-0.3, -0.25) is 9.79 Å². The molecular weight excluding hydrogens is 419 g/mol. The van der Waals surface area contributed by atoms with Gasteiger partial charge in [-0.2, -0.15) is 0 Å². The summed E-state index contributed by atoms with van der Waals surface area (Å²) in [5.74, 6) is 1.42. The van der Waals surface area contributed by atoms with Crippen LogP contribution in [0.25, 0.3) is 0 Å². The lowest BCUT2D eigenvalue weighted by Gasteiger charge is -2.21. The third kappa shape index (κ3) is 5.62. The van der Waals surface area contributed by atoms with Gasteiger partial charge in [-0.15, -0.1) is 24.0 Å². The zero-order valence-electron chi connectivity index (χ0n) is 14.5. The molecule has 0 aromatic heterocycles. The highest BCUT2D eigenvalue weighted by Gasteiger charge is 2.24. The highest BCUT2D eigenvalue weighted by atomic mass is 127. The fourth-order valence-electron chi connectivity index (χ4n) is 2.83. The summed E-state index contributed by atoms with van der Waals surface area (Å²) in [7, 11) is 5.19. The standard InChI is InChI=1S/C17H26N4O2.HI/c1-18-16(22)15-6-4-13(5-7-15)10-20-17(19-2)21-9-8-14(11-21)12-23-3;/h4-7,14H,8-12H2,1-3H3,(H,18,22)(H,19,20);1H. The number of guanidine groups is 1. The van der Waals surface area contributed by atoms with E-state index in [-0.39, 0.29) is 29.9 Å². The Morgan fingerprint density at radius 3 is 2.67 bits per heavy atom. The van der Waals surface area contributed by atoms with Crippen molar-refractivity contribution < 1.29 is 9.53 Å². The number of hydrogen-bond acceptors (Lipinski definition) is 3. The van der Waals surface area contributed by atoms with Crippen LogP contribution in [0, 0.1) is 5.92 Å². The predicted molar refractivity (Wildman–Crippen MR) is 107 cm³/mol. The average Bonchev–Trinajstić information content (AvgIpc) is 3.04. The molecule has 1 saturated heterocycles. The smallest absolute Gasteiger partial charge is 0.251 e. The van der Waals surface area contributed by atoms with Gasteiger partial charge in [0.1, 0.15) is 0 Å². The molecule has 0 spiro atoms. The zero-order chi connectivity index (χ0) is 16.7. The highest BCUT2D eigenvalue weighted by molar-refractivity contribution is 14.0. The number of amides is 1. The zero-order valence-corrected chi connectivity index (χ0v) is 16.9. The summed E-state index contributed by atoms with van der Waals surface area (Å²) in [5.41, 5.74) is 1.79. The number of methoxy groups -OCH3 is 1. The molecule has 1 aromatic carbocycles. The van der Waals surface area contributed by atoms with Gasteiger partial charge in [0.25, 0.3) is 5.91 Å². The Kier molecular flexibility index (Phi) is 9.05. The summed E-state index contributed by atoms with van der Waals surface area (Å²) in [6, 6.07) is 7.59. The van der Waals surface area contributed by atoms with E-state index in [1.807, 2.05) is 24.3 Å². The van der Waals surface area contributed by atoms with Crippen molar-refractivity contribution in [2.24, 2.45) is 10.9 Å². The molecule has 1 aromatic rings. The molecule has 1 unspecified atom stereocenters. The van der Waals surface area contributed by atoms with Crippen molar-refractivity contribution in [3.8, 4) is 0 Å². The van der Waals surface area contributed by atoms with E-state index in [1.54, 1.807) is 21.2 Å². The first-order valence-corrected chi connectivity index (χ1v) is 7.93. The number of hydrogen-bond donors (Lipinski definition) is 2. The summed E-state index contributed by atoms with van der Waals surface area (Å²) in [6.07, 6.45) is 1.13. The summed E-state index contributed by atoms with van der Waals surface area (Å²) in [4.78, 5) is 18.2. The van der Waals surface area contributed by atoms with Crippen LogP contribution in [0.1, 0.15) is 22.3 Å². The number of aliphatic imine (C=N–C) groups is 1. The summed E-state index contributed by atoms with van der Waals surface area (Å²) in [6.45, 7) is 3.47. The van der Waals surface area contributed by atoms with Gasteiger partial charge in [-0.25, -0.2) is 0 Å². The van der Waals surface area contributed by atoms with Gasteiger partial charge in [-0.05, 0) is 24.1 Å². The number of halogens is 1. The Bertz CT molecular complexity index is 548. The van der Waals surface area contributed by atoms with Gasteiger partial charge in [0.05, 0.1) is 6.61 Å². The second kappa shape index (κ2) is 10.5. The van der Waals surface area contributed by atoms with E-state index in [9.17, 15) is 4.79 Å². The van der Waals surface area contributed by atoms with Crippen LogP contribution in [0.15, 0.2) is 29.3 Å². The Morgan fingerprint density at radius 2 is 2.08 bits per heavy atom. The van der Waals surface area contributed by atoms with Crippen LogP contribution in [0.3, 0.4) is 0 Å². The Labute approximate surface area is 161 Å². The lowest BCUT2D eigenvalue weighted by Crippen LogP contribution is -2.39. The number of ether oxygens (including phenoxy) is 1. The maximum Gasteiger partial charge on any atom is 0.251 e. The molecule has 6 nitrogen and oxygen atoms in total. The van der Waals surface area contributed by atoms with Gasteiger partial charge in [0, 0.05) is 52.3 Å². The van der Waals surface area contributed by atoms with E-state index in [2.05, 4.69) is 20.5 Å². The van der Waals surface area contributed by atoms with Crippen molar-refractivity contribution in [1.82, 2.24) is 15.5 Å². The van der Waals surface area contributed by atoms with Crippen molar-refractivity contribution in [1.29, 1.82) is 0 Å². The van der Waals surface area contributed by atoms with Gasteiger partial charge in [-0.1, -0.05) is 12.1 Å². The molecular formula is C17H27IN4O2. The number of rotatable bonds is 5. The Morgan fingerprint density at radius 1 is 1.38 bits per heavy atom. The Hall–Kier alpha value is -1.35. The van der Waals surface area contributed by atoms with Gasteiger partial charge in [0.15, 0.2) is 5.96 Å². The molecule has 134 valence electrons. The molecule has 1 heterocycles. The quantitative estimate of drug-likeness (QED) is 0.411. The average molecular weight is 446 g/mol. The van der Waals surface area contributed by atoms with Gasteiger partial charge in [0.2, 0.25) is 0 Å². The van der Waals surface area contributed by atoms with E-state index in [1.165, 1.54) is 0 Å². The normalized spacial score (nSPS) is 17.4. The number of carbonyl (C=O) groups is 1. The van der Waals surface area contributed by atoms with Crippen LogP contribution in [-0.2, 0) is 11.3 Å². The van der Waals surface area contributed by atoms with Crippen LogP contribution in [0.5, 0.6) is 0 Å². The second-order valence-electron chi connectivity index (χ2n) is 5.73. The molecule has 7 heteroatoms. The van der Waals surface area contributed by atoms with Crippen LogP contribution >= 0.6 is 24.0 Å². The summed E-state index contributed by atoms with van der Waals surface area (Å²) in [5, 5.41) is 6.01. The van der Waals surface area contributed by atoms with Crippen LogP contribution in [-0.4, -0.2) is 57.7 Å². The first-order chi connectivity index (χ1) is 11.2. The lowest BCUT2D eigenvalue weighted by atomic mass is 10.1. The fourth-order valence-corrected chi connectivity index (χ4v) is 2.83. The second-order valence-corrected chi connectivity index (χ2v) is 5.73. The molecule has 0 saturated carbocycles. The van der Waals surface area contributed by atoms with Crippen molar-refractivity contribution in [3.63, 3.8) is 0 Å². The molecule has 0 bridgehead atoms. The van der Waals surface area contributed by atoms with E-state index in [0.717, 1.165) is 37.6 Å². The topological polar surface area (TPSA) is 66.0 Å². The molecule has 1 atom stereocenters. The maximum absolute atomic E-state index is 11.5. The monoisotopic (exact) mass is 446 g/mol. The minimum absolute atomic E-state index is 0. The molecule has 1 aliphatic rings. The Balaban J connectivity index is 0.00000288. The molecule has 2 N–H and O–H groups in total. The minimum atomic E-state index is -0.0680. The predicted octanol–water partition coefficient (Wildman–Crippen LogP) is 1.71. The first kappa shape index (κ1) is 20.7. The minimum Gasteiger partial charge on any atom is -0.384 e. The number of nitrogens with one attached hydrogen (secondary N) is 2. The van der Waals surface area contributed by atoms with E-state index in [4.69, 9.17) is 4.74 Å². The molecule has 0 aliphatic carbocycles. The third-order valence-corrected chi connectivity index (χ3v) is 4.09. The number of carbonyl (C=O) groups excluding carboxylic acids is 1.